The first-order valence-electron chi connectivity index (χ1n) is 7.00. The molecule has 1 aromatic rings. The minimum Gasteiger partial charge on any atom is -0.358 e. The Kier molecular flexibility index (Phi) is 6.91. The van der Waals surface area contributed by atoms with Crippen LogP contribution in [0.15, 0.2) is 10.7 Å². The number of anilines is 1. The van der Waals surface area contributed by atoms with Gasteiger partial charge in [0.1, 0.15) is 22.3 Å². The van der Waals surface area contributed by atoms with Gasteiger partial charge in [0.25, 0.3) is 0 Å². The molecule has 0 aliphatic heterocycles. The molecule has 112 valence electrons. The molecule has 2 N–H and O–H groups in total. The van der Waals surface area contributed by atoms with E-state index in [9.17, 15) is 4.79 Å². The highest BCUT2D eigenvalue weighted by atomic mass is 79.9. The van der Waals surface area contributed by atoms with Gasteiger partial charge in [0.2, 0.25) is 5.91 Å². The van der Waals surface area contributed by atoms with Crippen molar-refractivity contribution in [3.8, 4) is 0 Å². The van der Waals surface area contributed by atoms with E-state index in [1.807, 2.05) is 6.92 Å². The van der Waals surface area contributed by atoms with Crippen molar-refractivity contribution < 1.29 is 4.79 Å². The molecule has 0 saturated carbocycles. The second-order valence-electron chi connectivity index (χ2n) is 5.25. The molecular formula is C14H23BrN4O. The fourth-order valence-electron chi connectivity index (χ4n) is 1.62. The van der Waals surface area contributed by atoms with Gasteiger partial charge in [0, 0.05) is 19.0 Å². The number of rotatable bonds is 7. The summed E-state index contributed by atoms with van der Waals surface area (Å²) < 4.78 is 0.730. The SMILES string of the molecule is CCCc1nc(Br)cc(NC(C)C(=O)NCC(C)C)n1. The summed E-state index contributed by atoms with van der Waals surface area (Å²) in [7, 11) is 0. The summed E-state index contributed by atoms with van der Waals surface area (Å²) in [6.07, 6.45) is 1.81. The van der Waals surface area contributed by atoms with Crippen molar-refractivity contribution in [2.24, 2.45) is 5.92 Å². The van der Waals surface area contributed by atoms with Gasteiger partial charge in [-0.05, 0) is 35.2 Å². The summed E-state index contributed by atoms with van der Waals surface area (Å²) >= 11 is 3.37. The number of nitrogens with zero attached hydrogens (tertiary/aromatic N) is 2. The Bertz CT molecular complexity index is 451. The van der Waals surface area contributed by atoms with Crippen molar-refractivity contribution in [1.29, 1.82) is 0 Å². The predicted octanol–water partition coefficient (Wildman–Crippen LogP) is 2.76. The van der Waals surface area contributed by atoms with Crippen LogP contribution in [0.3, 0.4) is 0 Å². The Labute approximate surface area is 129 Å². The topological polar surface area (TPSA) is 66.9 Å². The van der Waals surface area contributed by atoms with Crippen LogP contribution in [0.2, 0.25) is 0 Å². The van der Waals surface area contributed by atoms with Crippen LogP contribution in [-0.4, -0.2) is 28.5 Å². The second-order valence-corrected chi connectivity index (χ2v) is 6.06. The molecule has 1 atom stereocenters. The van der Waals surface area contributed by atoms with E-state index in [1.54, 1.807) is 6.07 Å². The average Bonchev–Trinajstić information content (AvgIpc) is 2.35. The number of hydrogen-bond donors (Lipinski definition) is 2. The summed E-state index contributed by atoms with van der Waals surface area (Å²) in [5, 5.41) is 6.01. The maximum atomic E-state index is 11.9. The quantitative estimate of drug-likeness (QED) is 0.747. The summed E-state index contributed by atoms with van der Waals surface area (Å²) in [5.74, 6) is 1.86. The largest absolute Gasteiger partial charge is 0.358 e. The molecule has 0 bridgehead atoms. The van der Waals surface area contributed by atoms with E-state index in [0.29, 0.717) is 18.3 Å². The van der Waals surface area contributed by atoms with Gasteiger partial charge in [-0.1, -0.05) is 20.8 Å². The van der Waals surface area contributed by atoms with Gasteiger partial charge in [0.05, 0.1) is 0 Å². The second kappa shape index (κ2) is 8.19. The van der Waals surface area contributed by atoms with Crippen LogP contribution in [0.25, 0.3) is 0 Å². The highest BCUT2D eigenvalue weighted by molar-refractivity contribution is 9.10. The van der Waals surface area contributed by atoms with Gasteiger partial charge >= 0.3 is 0 Å². The molecule has 1 heterocycles. The normalized spacial score (nSPS) is 12.3. The number of nitrogens with one attached hydrogen (secondary N) is 2. The van der Waals surface area contributed by atoms with Crippen molar-refractivity contribution in [1.82, 2.24) is 15.3 Å². The van der Waals surface area contributed by atoms with Crippen molar-refractivity contribution >= 4 is 27.7 Å². The third-order valence-electron chi connectivity index (χ3n) is 2.66. The summed E-state index contributed by atoms with van der Waals surface area (Å²) in [6, 6.07) is 1.45. The predicted molar refractivity (Wildman–Crippen MR) is 84.7 cm³/mol. The van der Waals surface area contributed by atoms with Crippen LogP contribution < -0.4 is 10.6 Å². The molecule has 0 aliphatic rings. The fraction of sp³-hybridized carbons (Fsp3) is 0.643. The number of aryl methyl sites for hydroxylation is 1. The van der Waals surface area contributed by atoms with Gasteiger partial charge < -0.3 is 10.6 Å². The summed E-state index contributed by atoms with van der Waals surface area (Å²) in [4.78, 5) is 20.6. The first-order chi connectivity index (χ1) is 9.42. The lowest BCUT2D eigenvalue weighted by Gasteiger charge is -2.16. The minimum absolute atomic E-state index is 0.0227. The van der Waals surface area contributed by atoms with Crippen LogP contribution in [0.4, 0.5) is 5.82 Å². The van der Waals surface area contributed by atoms with Gasteiger partial charge in [-0.15, -0.1) is 0 Å². The minimum atomic E-state index is -0.329. The highest BCUT2D eigenvalue weighted by Crippen LogP contribution is 2.14. The highest BCUT2D eigenvalue weighted by Gasteiger charge is 2.14. The van der Waals surface area contributed by atoms with E-state index < -0.39 is 0 Å². The first-order valence-corrected chi connectivity index (χ1v) is 7.79. The zero-order valence-corrected chi connectivity index (χ0v) is 14.1. The monoisotopic (exact) mass is 342 g/mol. The standard InChI is InChI=1S/C14H23BrN4O/c1-5-6-12-18-11(15)7-13(19-12)17-10(4)14(20)16-8-9(2)3/h7,9-10H,5-6,8H2,1-4H3,(H,16,20)(H,17,18,19). The molecular weight excluding hydrogens is 320 g/mol. The van der Waals surface area contributed by atoms with Gasteiger partial charge in [0.15, 0.2) is 0 Å². The molecule has 1 unspecified atom stereocenters. The Morgan fingerprint density at radius 2 is 2.05 bits per heavy atom. The summed E-state index contributed by atoms with van der Waals surface area (Å²) in [6.45, 7) is 8.72. The molecule has 0 spiro atoms. The zero-order valence-electron chi connectivity index (χ0n) is 12.5. The van der Waals surface area contributed by atoms with Crippen molar-refractivity contribution in [3.63, 3.8) is 0 Å². The number of amides is 1. The molecule has 1 amide bonds. The Balaban J connectivity index is 2.65. The van der Waals surface area contributed by atoms with E-state index in [-0.39, 0.29) is 11.9 Å². The van der Waals surface area contributed by atoms with Crippen molar-refractivity contribution in [2.75, 3.05) is 11.9 Å². The van der Waals surface area contributed by atoms with Crippen LogP contribution in [0.1, 0.15) is 39.9 Å². The number of halogens is 1. The van der Waals surface area contributed by atoms with Gasteiger partial charge in [-0.3, -0.25) is 4.79 Å². The molecule has 5 nitrogen and oxygen atoms in total. The van der Waals surface area contributed by atoms with E-state index in [1.165, 1.54) is 0 Å². The average molecular weight is 343 g/mol. The van der Waals surface area contributed by atoms with Crippen LogP contribution >= 0.6 is 15.9 Å². The molecule has 1 rings (SSSR count). The molecule has 0 radical (unpaired) electrons. The van der Waals surface area contributed by atoms with Crippen molar-refractivity contribution in [3.05, 3.63) is 16.5 Å². The van der Waals surface area contributed by atoms with E-state index in [4.69, 9.17) is 0 Å². The fourth-order valence-corrected chi connectivity index (χ4v) is 2.04. The number of hydrogen-bond acceptors (Lipinski definition) is 4. The maximum Gasteiger partial charge on any atom is 0.242 e. The van der Waals surface area contributed by atoms with Crippen LogP contribution in [-0.2, 0) is 11.2 Å². The first kappa shape index (κ1) is 16.9. The lowest BCUT2D eigenvalue weighted by molar-refractivity contribution is -0.121. The smallest absolute Gasteiger partial charge is 0.242 e. The van der Waals surface area contributed by atoms with Gasteiger partial charge in [-0.2, -0.15) is 0 Å². The van der Waals surface area contributed by atoms with Crippen molar-refractivity contribution in [2.45, 2.75) is 46.6 Å². The molecule has 6 heteroatoms. The van der Waals surface area contributed by atoms with E-state index in [2.05, 4.69) is 57.3 Å². The summed E-state index contributed by atoms with van der Waals surface area (Å²) in [5.41, 5.74) is 0. The van der Waals surface area contributed by atoms with Gasteiger partial charge in [-0.25, -0.2) is 9.97 Å². The third-order valence-corrected chi connectivity index (χ3v) is 3.06. The van der Waals surface area contributed by atoms with Crippen LogP contribution in [0.5, 0.6) is 0 Å². The lowest BCUT2D eigenvalue weighted by Crippen LogP contribution is -2.39. The molecule has 0 aliphatic carbocycles. The maximum absolute atomic E-state index is 11.9. The molecule has 20 heavy (non-hydrogen) atoms. The zero-order chi connectivity index (χ0) is 15.1. The number of carbonyl (C=O) groups excluding carboxylic acids is 1. The Morgan fingerprint density at radius 1 is 1.35 bits per heavy atom. The number of carbonyl (C=O) groups is 1. The van der Waals surface area contributed by atoms with Crippen LogP contribution in [0, 0.1) is 5.92 Å². The number of aromatic nitrogens is 2. The Morgan fingerprint density at radius 3 is 2.65 bits per heavy atom. The molecule has 1 aromatic heterocycles. The lowest BCUT2D eigenvalue weighted by atomic mass is 10.2. The van der Waals surface area contributed by atoms with E-state index in [0.717, 1.165) is 23.3 Å². The molecule has 0 fully saturated rings. The molecule has 0 saturated heterocycles. The third kappa shape index (κ3) is 5.86. The Hall–Kier alpha value is -1.17. The molecule has 0 aromatic carbocycles. The van der Waals surface area contributed by atoms with E-state index >= 15 is 0 Å².